The average molecular weight is 370 g/mol. The van der Waals surface area contributed by atoms with E-state index in [1.165, 1.54) is 16.4 Å². The summed E-state index contributed by atoms with van der Waals surface area (Å²) >= 11 is 9.11. The monoisotopic (exact) mass is 368 g/mol. The van der Waals surface area contributed by atoms with Crippen LogP contribution in [0.2, 0.25) is 5.02 Å². The smallest absolute Gasteiger partial charge is 0.244 e. The molecule has 0 fully saturated rings. The van der Waals surface area contributed by atoms with Crippen molar-refractivity contribution in [1.29, 1.82) is 0 Å². The van der Waals surface area contributed by atoms with E-state index in [0.717, 1.165) is 0 Å². The molecule has 0 unspecified atom stereocenters. The Morgan fingerprint density at radius 2 is 1.95 bits per heavy atom. The molecule has 2 N–H and O–H groups in total. The van der Waals surface area contributed by atoms with E-state index in [1.807, 2.05) is 20.8 Å². The van der Waals surface area contributed by atoms with Crippen LogP contribution >= 0.6 is 27.5 Å². The van der Waals surface area contributed by atoms with Crippen LogP contribution in [0.25, 0.3) is 0 Å². The van der Waals surface area contributed by atoms with Crippen molar-refractivity contribution < 1.29 is 8.42 Å². The Morgan fingerprint density at radius 3 is 2.42 bits per heavy atom. The third-order valence-electron chi connectivity index (χ3n) is 3.39. The summed E-state index contributed by atoms with van der Waals surface area (Å²) in [6, 6.07) is 2.91. The first kappa shape index (κ1) is 16.8. The van der Waals surface area contributed by atoms with Gasteiger partial charge in [0.2, 0.25) is 10.0 Å². The number of sulfonamides is 1. The maximum atomic E-state index is 12.6. The van der Waals surface area contributed by atoms with Crippen LogP contribution in [0.15, 0.2) is 21.5 Å². The number of hydrogen-bond acceptors (Lipinski definition) is 3. The minimum Gasteiger partial charge on any atom is -0.398 e. The summed E-state index contributed by atoms with van der Waals surface area (Å²) in [5, 5.41) is 0.293. The van der Waals surface area contributed by atoms with Crippen molar-refractivity contribution in [2.45, 2.75) is 37.6 Å². The molecule has 7 heteroatoms. The number of benzene rings is 1. The van der Waals surface area contributed by atoms with Crippen LogP contribution in [0, 0.1) is 0 Å². The van der Waals surface area contributed by atoms with Crippen molar-refractivity contribution in [2.24, 2.45) is 0 Å². The van der Waals surface area contributed by atoms with Gasteiger partial charge in [-0.3, -0.25) is 0 Å². The maximum absolute atomic E-state index is 12.6. The second-order valence-corrected chi connectivity index (χ2v) is 8.11. The van der Waals surface area contributed by atoms with Gasteiger partial charge in [-0.2, -0.15) is 4.31 Å². The molecular formula is C12H18BrClN2O2S. The maximum Gasteiger partial charge on any atom is 0.244 e. The van der Waals surface area contributed by atoms with Crippen molar-refractivity contribution in [3.8, 4) is 0 Å². The molecule has 1 rings (SSSR count). The van der Waals surface area contributed by atoms with E-state index in [0.29, 0.717) is 21.6 Å². The van der Waals surface area contributed by atoms with E-state index >= 15 is 0 Å². The highest BCUT2D eigenvalue weighted by atomic mass is 79.9. The summed E-state index contributed by atoms with van der Waals surface area (Å²) < 4.78 is 27.0. The number of rotatable bonds is 4. The van der Waals surface area contributed by atoms with Crippen LogP contribution in [-0.4, -0.2) is 25.3 Å². The first-order valence-corrected chi connectivity index (χ1v) is 8.38. The van der Waals surface area contributed by atoms with Gasteiger partial charge in [0.15, 0.2) is 0 Å². The van der Waals surface area contributed by atoms with Gasteiger partial charge in [0.25, 0.3) is 0 Å². The molecule has 0 radical (unpaired) electrons. The van der Waals surface area contributed by atoms with Crippen molar-refractivity contribution in [2.75, 3.05) is 12.8 Å². The summed E-state index contributed by atoms with van der Waals surface area (Å²) in [5.74, 6) is 0. The lowest BCUT2D eigenvalue weighted by Crippen LogP contribution is -2.44. The van der Waals surface area contributed by atoms with Crippen LogP contribution < -0.4 is 5.73 Å². The van der Waals surface area contributed by atoms with E-state index in [2.05, 4.69) is 15.9 Å². The highest BCUT2D eigenvalue weighted by molar-refractivity contribution is 9.10. The Kier molecular flexibility index (Phi) is 4.93. The lowest BCUT2D eigenvalue weighted by atomic mass is 10.0. The first-order valence-electron chi connectivity index (χ1n) is 5.77. The Morgan fingerprint density at radius 1 is 1.42 bits per heavy atom. The summed E-state index contributed by atoms with van der Waals surface area (Å²) in [6.07, 6.45) is 0.691. The molecule has 0 aromatic heterocycles. The van der Waals surface area contributed by atoms with E-state index in [4.69, 9.17) is 17.3 Å². The fourth-order valence-corrected chi connectivity index (χ4v) is 4.30. The molecule has 0 aliphatic rings. The fourth-order valence-electron chi connectivity index (χ4n) is 1.47. The molecule has 0 spiro atoms. The van der Waals surface area contributed by atoms with Gasteiger partial charge in [-0.15, -0.1) is 0 Å². The van der Waals surface area contributed by atoms with E-state index in [9.17, 15) is 8.42 Å². The molecule has 19 heavy (non-hydrogen) atoms. The molecule has 108 valence electrons. The predicted octanol–water partition coefficient (Wildman–Crippen LogP) is 3.49. The molecule has 0 saturated carbocycles. The molecule has 0 atom stereocenters. The Balaban J connectivity index is 3.45. The van der Waals surface area contributed by atoms with Crippen molar-refractivity contribution in [3.63, 3.8) is 0 Å². The van der Waals surface area contributed by atoms with Crippen molar-refractivity contribution in [3.05, 3.63) is 21.6 Å². The third kappa shape index (κ3) is 3.24. The van der Waals surface area contributed by atoms with Gasteiger partial charge in [0, 0.05) is 23.3 Å². The Bertz CT molecular complexity index is 588. The van der Waals surface area contributed by atoms with Crippen molar-refractivity contribution >= 4 is 43.2 Å². The quantitative estimate of drug-likeness (QED) is 0.826. The lowest BCUT2D eigenvalue weighted by molar-refractivity contribution is 0.257. The summed E-state index contributed by atoms with van der Waals surface area (Å²) in [5.41, 5.74) is 5.55. The highest BCUT2D eigenvalue weighted by Gasteiger charge is 2.34. The Hall–Kier alpha value is -0.300. The van der Waals surface area contributed by atoms with E-state index in [1.54, 1.807) is 7.05 Å². The SMILES string of the molecule is CCC(C)(C)N(C)S(=O)(=O)c1cc(Cl)cc(N)c1Br. The number of nitrogens with two attached hydrogens (primary N) is 1. The molecule has 0 heterocycles. The zero-order valence-electron chi connectivity index (χ0n) is 11.4. The standard InChI is InChI=1S/C12H18BrClN2O2S/c1-5-12(2,3)16(4)19(17,18)10-7-8(14)6-9(15)11(10)13/h6-7H,5,15H2,1-4H3. The van der Waals surface area contributed by atoms with Gasteiger partial charge < -0.3 is 5.73 Å². The number of hydrogen-bond donors (Lipinski definition) is 1. The van der Waals surface area contributed by atoms with Gasteiger partial charge >= 0.3 is 0 Å². The largest absolute Gasteiger partial charge is 0.398 e. The molecule has 0 bridgehead atoms. The van der Waals surface area contributed by atoms with Crippen LogP contribution in [0.1, 0.15) is 27.2 Å². The molecule has 1 aromatic carbocycles. The first-order chi connectivity index (χ1) is 8.54. The number of nitrogen functional groups attached to an aromatic ring is 1. The molecule has 0 saturated heterocycles. The van der Waals surface area contributed by atoms with Gasteiger partial charge in [-0.05, 0) is 48.3 Å². The lowest BCUT2D eigenvalue weighted by Gasteiger charge is -2.34. The summed E-state index contributed by atoms with van der Waals surface area (Å²) in [6.45, 7) is 5.67. The van der Waals surface area contributed by atoms with E-state index < -0.39 is 15.6 Å². The third-order valence-corrected chi connectivity index (χ3v) is 6.85. The van der Waals surface area contributed by atoms with Crippen LogP contribution in [0.4, 0.5) is 5.69 Å². The number of nitrogens with zero attached hydrogens (tertiary/aromatic N) is 1. The second-order valence-electron chi connectivity index (χ2n) is 4.95. The second kappa shape index (κ2) is 5.60. The molecular weight excluding hydrogens is 352 g/mol. The molecule has 4 nitrogen and oxygen atoms in total. The van der Waals surface area contributed by atoms with E-state index in [-0.39, 0.29) is 4.90 Å². The van der Waals surface area contributed by atoms with Crippen LogP contribution in [-0.2, 0) is 10.0 Å². The number of anilines is 1. The molecule has 0 aliphatic heterocycles. The molecule has 1 aromatic rings. The topological polar surface area (TPSA) is 63.4 Å². The zero-order chi connectivity index (χ0) is 15.0. The number of halogens is 2. The van der Waals surface area contributed by atoms with Gasteiger partial charge in [-0.25, -0.2) is 8.42 Å². The molecule has 0 aliphatic carbocycles. The fraction of sp³-hybridized carbons (Fsp3) is 0.500. The van der Waals surface area contributed by atoms with Crippen molar-refractivity contribution in [1.82, 2.24) is 4.31 Å². The minimum atomic E-state index is -3.66. The predicted molar refractivity (Wildman–Crippen MR) is 82.9 cm³/mol. The van der Waals surface area contributed by atoms with Gasteiger partial charge in [0.05, 0.1) is 9.37 Å². The summed E-state index contributed by atoms with van der Waals surface area (Å²) in [7, 11) is -2.10. The van der Waals surface area contributed by atoms with Gasteiger partial charge in [-0.1, -0.05) is 18.5 Å². The van der Waals surface area contributed by atoms with Crippen LogP contribution in [0.3, 0.4) is 0 Å². The average Bonchev–Trinajstić information content (AvgIpc) is 2.32. The zero-order valence-corrected chi connectivity index (χ0v) is 14.5. The Labute approximate surface area is 128 Å². The van der Waals surface area contributed by atoms with Gasteiger partial charge in [0.1, 0.15) is 0 Å². The molecule has 0 amide bonds. The normalized spacial score (nSPS) is 13.0. The highest BCUT2D eigenvalue weighted by Crippen LogP contribution is 2.35. The minimum absolute atomic E-state index is 0.0847. The summed E-state index contributed by atoms with van der Waals surface area (Å²) in [4.78, 5) is 0.0847. The van der Waals surface area contributed by atoms with Crippen LogP contribution in [0.5, 0.6) is 0 Å².